The summed E-state index contributed by atoms with van der Waals surface area (Å²) < 4.78 is 6.97. The zero-order valence-electron chi connectivity index (χ0n) is 9.27. The summed E-state index contributed by atoms with van der Waals surface area (Å²) in [5.41, 5.74) is 0.770. The van der Waals surface area contributed by atoms with Gasteiger partial charge in [-0.15, -0.1) is 11.3 Å². The molecule has 5 heteroatoms. The summed E-state index contributed by atoms with van der Waals surface area (Å²) in [7, 11) is 0. The van der Waals surface area contributed by atoms with E-state index < -0.39 is 6.10 Å². The first-order valence-electron chi connectivity index (χ1n) is 5.52. The molecule has 0 saturated carbocycles. The lowest BCUT2D eigenvalue weighted by Crippen LogP contribution is -2.18. The highest BCUT2D eigenvalue weighted by Crippen LogP contribution is 2.44. The normalized spacial score (nSPS) is 22.4. The van der Waals surface area contributed by atoms with Crippen LogP contribution in [0.15, 0.2) is 34.1 Å². The first-order chi connectivity index (χ1) is 8.65. The number of thiophene rings is 1. The molecule has 2 heterocycles. The predicted molar refractivity (Wildman–Crippen MR) is 76.4 cm³/mol. The quantitative estimate of drug-likeness (QED) is 0.810. The highest BCUT2D eigenvalue weighted by Gasteiger charge is 2.29. The second-order valence-electron chi connectivity index (χ2n) is 4.17. The van der Waals surface area contributed by atoms with Crippen LogP contribution in [0.2, 0.25) is 5.02 Å². The first kappa shape index (κ1) is 12.5. The van der Waals surface area contributed by atoms with Gasteiger partial charge < -0.3 is 9.84 Å². The van der Waals surface area contributed by atoms with E-state index in [1.807, 2.05) is 17.5 Å². The molecule has 2 aromatic rings. The Balaban J connectivity index is 1.97. The SMILES string of the molecule is O[C@@H]1CC(c2sccc2Br)Oc2ccc(Cl)cc21. The summed E-state index contributed by atoms with van der Waals surface area (Å²) >= 11 is 11.1. The van der Waals surface area contributed by atoms with E-state index in [2.05, 4.69) is 15.9 Å². The van der Waals surface area contributed by atoms with E-state index in [0.29, 0.717) is 17.2 Å². The second kappa shape index (κ2) is 4.85. The van der Waals surface area contributed by atoms with Crippen molar-refractivity contribution in [3.8, 4) is 5.75 Å². The number of hydrogen-bond acceptors (Lipinski definition) is 3. The molecule has 0 spiro atoms. The number of fused-ring (bicyclic) bond motifs is 1. The van der Waals surface area contributed by atoms with Gasteiger partial charge in [-0.3, -0.25) is 0 Å². The molecular weight excluding hydrogens is 336 g/mol. The van der Waals surface area contributed by atoms with Gasteiger partial charge in [0.2, 0.25) is 0 Å². The van der Waals surface area contributed by atoms with Crippen LogP contribution >= 0.6 is 38.9 Å². The van der Waals surface area contributed by atoms with Crippen molar-refractivity contribution in [2.75, 3.05) is 0 Å². The number of hydrogen-bond donors (Lipinski definition) is 1. The van der Waals surface area contributed by atoms with Crippen LogP contribution in [0.25, 0.3) is 0 Å². The van der Waals surface area contributed by atoms with Crippen molar-refractivity contribution in [2.24, 2.45) is 0 Å². The number of aliphatic hydroxyl groups is 1. The second-order valence-corrected chi connectivity index (χ2v) is 6.41. The fraction of sp³-hybridized carbons (Fsp3) is 0.231. The Morgan fingerprint density at radius 2 is 2.22 bits per heavy atom. The molecule has 18 heavy (non-hydrogen) atoms. The van der Waals surface area contributed by atoms with E-state index >= 15 is 0 Å². The molecule has 0 amide bonds. The summed E-state index contributed by atoms with van der Waals surface area (Å²) in [6.45, 7) is 0. The van der Waals surface area contributed by atoms with Crippen molar-refractivity contribution >= 4 is 38.9 Å². The zero-order valence-corrected chi connectivity index (χ0v) is 12.4. The molecule has 1 aromatic carbocycles. The van der Waals surface area contributed by atoms with Gasteiger partial charge in [0.25, 0.3) is 0 Å². The molecule has 94 valence electrons. The number of rotatable bonds is 1. The summed E-state index contributed by atoms with van der Waals surface area (Å²) in [6, 6.07) is 7.35. The van der Waals surface area contributed by atoms with Gasteiger partial charge in [-0.2, -0.15) is 0 Å². The Bertz CT molecular complexity index is 584. The van der Waals surface area contributed by atoms with Crippen molar-refractivity contribution in [3.05, 3.63) is 49.6 Å². The maximum atomic E-state index is 10.2. The molecule has 0 radical (unpaired) electrons. The first-order valence-corrected chi connectivity index (χ1v) is 7.57. The van der Waals surface area contributed by atoms with Crippen LogP contribution in [0.3, 0.4) is 0 Å². The van der Waals surface area contributed by atoms with Crippen LogP contribution in [0.5, 0.6) is 5.75 Å². The fourth-order valence-corrected chi connectivity index (χ4v) is 3.96. The lowest BCUT2D eigenvalue weighted by molar-refractivity contribution is 0.0671. The van der Waals surface area contributed by atoms with Crippen LogP contribution < -0.4 is 4.74 Å². The lowest BCUT2D eigenvalue weighted by atomic mass is 9.98. The topological polar surface area (TPSA) is 29.5 Å². The minimum Gasteiger partial charge on any atom is -0.484 e. The molecule has 1 aliphatic rings. The third-order valence-corrected chi connectivity index (χ3v) is 5.17. The Morgan fingerprint density at radius 1 is 1.39 bits per heavy atom. The molecule has 0 saturated heterocycles. The van der Waals surface area contributed by atoms with Crippen molar-refractivity contribution in [2.45, 2.75) is 18.6 Å². The number of halogens is 2. The third-order valence-electron chi connectivity index (χ3n) is 2.97. The van der Waals surface area contributed by atoms with Crippen molar-refractivity contribution in [1.29, 1.82) is 0 Å². The monoisotopic (exact) mass is 344 g/mol. The lowest BCUT2D eigenvalue weighted by Gasteiger charge is -2.29. The van der Waals surface area contributed by atoms with Crippen molar-refractivity contribution < 1.29 is 9.84 Å². The zero-order chi connectivity index (χ0) is 12.7. The predicted octanol–water partition coefficient (Wildman–Crippen LogP) is 4.72. The van der Waals surface area contributed by atoms with E-state index in [-0.39, 0.29) is 6.10 Å². The fourth-order valence-electron chi connectivity index (χ4n) is 2.11. The van der Waals surface area contributed by atoms with Crippen LogP contribution in [0.1, 0.15) is 29.1 Å². The van der Waals surface area contributed by atoms with Crippen LogP contribution in [0.4, 0.5) is 0 Å². The summed E-state index contributed by atoms with van der Waals surface area (Å²) in [6.07, 6.45) is -0.0959. The van der Waals surface area contributed by atoms with Gasteiger partial charge in [-0.1, -0.05) is 11.6 Å². The Kier molecular flexibility index (Phi) is 3.36. The summed E-state index contributed by atoms with van der Waals surface area (Å²) in [4.78, 5) is 1.11. The number of aliphatic hydroxyl groups excluding tert-OH is 1. The van der Waals surface area contributed by atoms with Crippen LogP contribution in [-0.4, -0.2) is 5.11 Å². The number of ether oxygens (including phenoxy) is 1. The molecule has 1 N–H and O–H groups in total. The van der Waals surface area contributed by atoms with Gasteiger partial charge in [0.1, 0.15) is 11.9 Å². The van der Waals surface area contributed by atoms with Gasteiger partial charge in [0, 0.05) is 21.5 Å². The van der Waals surface area contributed by atoms with Gasteiger partial charge in [-0.25, -0.2) is 0 Å². The minimum absolute atomic E-state index is 0.108. The Hall–Kier alpha value is -0.550. The molecular formula is C13H10BrClO2S. The largest absolute Gasteiger partial charge is 0.484 e. The smallest absolute Gasteiger partial charge is 0.137 e. The minimum atomic E-state index is -0.536. The standard InChI is InChI=1S/C13H10BrClO2S/c14-9-3-4-18-13(9)12-6-10(16)8-5-7(15)1-2-11(8)17-12/h1-5,10,12,16H,6H2/t10-,12?/m1/s1. The maximum absolute atomic E-state index is 10.2. The highest BCUT2D eigenvalue weighted by molar-refractivity contribution is 9.10. The average Bonchev–Trinajstić information content (AvgIpc) is 2.76. The molecule has 1 aliphatic heterocycles. The molecule has 1 unspecified atom stereocenters. The van der Waals surface area contributed by atoms with Gasteiger partial charge >= 0.3 is 0 Å². The van der Waals surface area contributed by atoms with Crippen LogP contribution in [0, 0.1) is 0 Å². The maximum Gasteiger partial charge on any atom is 0.137 e. The molecule has 1 aromatic heterocycles. The van der Waals surface area contributed by atoms with E-state index in [1.54, 1.807) is 23.5 Å². The van der Waals surface area contributed by atoms with Crippen molar-refractivity contribution in [1.82, 2.24) is 0 Å². The van der Waals surface area contributed by atoms with Gasteiger partial charge in [0.15, 0.2) is 0 Å². The van der Waals surface area contributed by atoms with E-state index in [0.717, 1.165) is 14.9 Å². The molecule has 2 atom stereocenters. The van der Waals surface area contributed by atoms with Crippen LogP contribution in [-0.2, 0) is 0 Å². The molecule has 2 nitrogen and oxygen atoms in total. The van der Waals surface area contributed by atoms with E-state index in [9.17, 15) is 5.11 Å². The summed E-state index contributed by atoms with van der Waals surface area (Å²) in [5.74, 6) is 0.712. The third kappa shape index (κ3) is 2.18. The van der Waals surface area contributed by atoms with Gasteiger partial charge in [0.05, 0.1) is 11.0 Å². The van der Waals surface area contributed by atoms with Crippen molar-refractivity contribution in [3.63, 3.8) is 0 Å². The molecule has 0 fully saturated rings. The number of benzene rings is 1. The molecule has 3 rings (SSSR count). The van der Waals surface area contributed by atoms with E-state index in [1.165, 1.54) is 0 Å². The van der Waals surface area contributed by atoms with E-state index in [4.69, 9.17) is 16.3 Å². The highest BCUT2D eigenvalue weighted by atomic mass is 79.9. The Morgan fingerprint density at radius 3 is 2.94 bits per heavy atom. The molecule has 0 aliphatic carbocycles. The molecule has 0 bridgehead atoms. The van der Waals surface area contributed by atoms with Gasteiger partial charge in [-0.05, 0) is 45.6 Å². The summed E-state index contributed by atoms with van der Waals surface area (Å²) in [5, 5.41) is 12.8. The average molecular weight is 346 g/mol. The Labute approximate surface area is 122 Å².